The highest BCUT2D eigenvalue weighted by Gasteiger charge is 2.29. The number of nitrogens with zero attached hydrogens (tertiary/aromatic N) is 2. The van der Waals surface area contributed by atoms with Crippen LogP contribution in [0.4, 0.5) is 5.69 Å². The average Bonchev–Trinajstić information content (AvgIpc) is 3.28. The highest BCUT2D eigenvalue weighted by atomic mass is 32.2. The van der Waals surface area contributed by atoms with Crippen LogP contribution in [0.1, 0.15) is 18.9 Å². The van der Waals surface area contributed by atoms with E-state index in [1.54, 1.807) is 18.0 Å². The number of carbonyl (C=O) groups is 1. The molecule has 2 aromatic rings. The monoisotopic (exact) mass is 387 g/mol. The Morgan fingerprint density at radius 1 is 1.52 bits per heavy atom. The van der Waals surface area contributed by atoms with Gasteiger partial charge in [-0.3, -0.25) is 4.79 Å². The van der Waals surface area contributed by atoms with Gasteiger partial charge >= 0.3 is 0 Å². The van der Waals surface area contributed by atoms with E-state index in [4.69, 9.17) is 0 Å². The highest BCUT2D eigenvalue weighted by Crippen LogP contribution is 2.32. The predicted molar refractivity (Wildman–Crippen MR) is 109 cm³/mol. The lowest BCUT2D eigenvalue weighted by Crippen LogP contribution is -2.46. The molecule has 4 rings (SSSR count). The smallest absolute Gasteiger partial charge is 0.259 e. The Hall–Kier alpha value is -2.03. The normalized spacial score (nSPS) is 24.1. The quantitative estimate of drug-likeness (QED) is 0.635. The van der Waals surface area contributed by atoms with Crippen LogP contribution in [0.2, 0.25) is 0 Å². The zero-order valence-corrected chi connectivity index (χ0v) is 16.3. The molecule has 8 heteroatoms. The molecule has 7 nitrogen and oxygen atoms in total. The van der Waals surface area contributed by atoms with Crippen molar-refractivity contribution in [2.24, 2.45) is 0 Å². The van der Waals surface area contributed by atoms with Crippen LogP contribution in [-0.2, 0) is 4.79 Å². The number of pyridine rings is 1. The van der Waals surface area contributed by atoms with Crippen molar-refractivity contribution in [3.63, 3.8) is 0 Å². The standard InChI is InChI=1S/C19H25N5O2S/c1-11-8-22-18-17(11)15(3-4-20-18)24-5-6-27-16(10-24)19(26)23-12(2)14-7-13(25)9-21-14/h3-4,8,10,12-14,21,25H,5-7,9H2,1-2H3,(H,20,22)(H,23,26)/t12?,13-,14+/m1/s1. The number of aromatic nitrogens is 2. The van der Waals surface area contributed by atoms with Gasteiger partial charge in [-0.25, -0.2) is 4.98 Å². The number of nitrogens with one attached hydrogen (secondary N) is 3. The Kier molecular flexibility index (Phi) is 5.12. The fraction of sp³-hybridized carbons (Fsp3) is 0.474. The number of β-amino-alcohol motifs (C(OH)–C–C–N with tert-alkyl or cyclic N) is 1. The molecule has 0 aliphatic carbocycles. The van der Waals surface area contributed by atoms with Gasteiger partial charge in [0.05, 0.1) is 16.7 Å². The van der Waals surface area contributed by atoms with Crippen LogP contribution in [0.5, 0.6) is 0 Å². The summed E-state index contributed by atoms with van der Waals surface area (Å²) in [5, 5.41) is 17.1. The first kappa shape index (κ1) is 18.3. The topological polar surface area (TPSA) is 93.3 Å². The summed E-state index contributed by atoms with van der Waals surface area (Å²) < 4.78 is 0. The van der Waals surface area contributed by atoms with Crippen LogP contribution in [0.15, 0.2) is 29.6 Å². The molecular formula is C19H25N5O2S. The van der Waals surface area contributed by atoms with E-state index < -0.39 is 0 Å². The maximum absolute atomic E-state index is 12.8. The van der Waals surface area contributed by atoms with Gasteiger partial charge in [0.2, 0.25) is 0 Å². The largest absolute Gasteiger partial charge is 0.392 e. The second kappa shape index (κ2) is 7.53. The van der Waals surface area contributed by atoms with Crippen molar-refractivity contribution in [1.82, 2.24) is 20.6 Å². The third kappa shape index (κ3) is 3.69. The molecule has 27 heavy (non-hydrogen) atoms. The highest BCUT2D eigenvalue weighted by molar-refractivity contribution is 8.04. The Morgan fingerprint density at radius 2 is 2.37 bits per heavy atom. The Balaban J connectivity index is 1.52. The zero-order valence-electron chi connectivity index (χ0n) is 15.5. The van der Waals surface area contributed by atoms with E-state index in [-0.39, 0.29) is 24.1 Å². The summed E-state index contributed by atoms with van der Waals surface area (Å²) in [6.45, 7) is 5.47. The number of aliphatic hydroxyl groups excluding tert-OH is 1. The van der Waals surface area contributed by atoms with Crippen LogP contribution >= 0.6 is 11.8 Å². The van der Waals surface area contributed by atoms with Crippen LogP contribution in [0.25, 0.3) is 11.0 Å². The van der Waals surface area contributed by atoms with Crippen molar-refractivity contribution in [1.29, 1.82) is 0 Å². The van der Waals surface area contributed by atoms with E-state index in [9.17, 15) is 9.90 Å². The van der Waals surface area contributed by atoms with E-state index >= 15 is 0 Å². The van der Waals surface area contributed by atoms with Gasteiger partial charge in [-0.2, -0.15) is 0 Å². The van der Waals surface area contributed by atoms with E-state index in [2.05, 4.69) is 32.4 Å². The SMILES string of the molecule is Cc1c[nH]c2nccc(N3C=C(C(=O)NC(C)[C@@H]4C[C@@H](O)CN4)SCC3)c12. The molecule has 0 radical (unpaired) electrons. The second-order valence-electron chi connectivity index (χ2n) is 7.23. The molecule has 2 aliphatic rings. The van der Waals surface area contributed by atoms with E-state index in [1.165, 1.54) is 0 Å². The van der Waals surface area contributed by atoms with Gasteiger partial charge < -0.3 is 25.6 Å². The number of aliphatic hydroxyl groups is 1. The molecule has 1 fully saturated rings. The lowest BCUT2D eigenvalue weighted by Gasteiger charge is -2.28. The molecule has 1 saturated heterocycles. The molecule has 4 N–H and O–H groups in total. The zero-order chi connectivity index (χ0) is 19.0. The molecule has 1 unspecified atom stereocenters. The number of hydrogen-bond acceptors (Lipinski definition) is 6. The Labute approximate surface area is 162 Å². The number of H-pyrrole nitrogens is 1. The van der Waals surface area contributed by atoms with Gasteiger partial charge in [-0.05, 0) is 31.9 Å². The summed E-state index contributed by atoms with van der Waals surface area (Å²) >= 11 is 1.58. The van der Waals surface area contributed by atoms with Crippen molar-refractivity contribution >= 4 is 34.4 Å². The van der Waals surface area contributed by atoms with E-state index in [1.807, 2.05) is 25.4 Å². The third-order valence-corrected chi connectivity index (χ3v) is 6.24. The van der Waals surface area contributed by atoms with Crippen molar-refractivity contribution in [2.45, 2.75) is 38.5 Å². The number of aryl methyl sites for hydroxylation is 1. The van der Waals surface area contributed by atoms with Crippen molar-refractivity contribution < 1.29 is 9.90 Å². The number of anilines is 1. The first-order valence-corrected chi connectivity index (χ1v) is 10.3. The number of aromatic amines is 1. The summed E-state index contributed by atoms with van der Waals surface area (Å²) in [6, 6.07) is 2.07. The lowest BCUT2D eigenvalue weighted by molar-refractivity contribution is -0.117. The molecule has 0 bridgehead atoms. The first-order valence-electron chi connectivity index (χ1n) is 9.29. The molecule has 2 aromatic heterocycles. The summed E-state index contributed by atoms with van der Waals surface area (Å²) in [6.07, 6.45) is 6.03. The number of rotatable bonds is 4. The predicted octanol–water partition coefficient (Wildman–Crippen LogP) is 1.49. The van der Waals surface area contributed by atoms with Crippen LogP contribution < -0.4 is 15.5 Å². The summed E-state index contributed by atoms with van der Waals surface area (Å²) in [5.74, 6) is 0.790. The molecule has 0 saturated carbocycles. The number of thioether (sulfide) groups is 1. The fourth-order valence-electron chi connectivity index (χ4n) is 3.76. The van der Waals surface area contributed by atoms with Crippen molar-refractivity contribution in [3.05, 3.63) is 35.1 Å². The third-order valence-electron chi connectivity index (χ3n) is 5.25. The van der Waals surface area contributed by atoms with Crippen molar-refractivity contribution in [3.8, 4) is 0 Å². The Morgan fingerprint density at radius 3 is 3.15 bits per heavy atom. The van der Waals surface area contributed by atoms with Gasteiger partial charge in [-0.1, -0.05) is 0 Å². The molecule has 0 aromatic carbocycles. The molecule has 3 atom stereocenters. The van der Waals surface area contributed by atoms with Gasteiger partial charge in [-0.15, -0.1) is 11.8 Å². The van der Waals surface area contributed by atoms with E-state index in [0.717, 1.165) is 34.6 Å². The fourth-order valence-corrected chi connectivity index (χ4v) is 4.66. The minimum absolute atomic E-state index is 0.0360. The second-order valence-corrected chi connectivity index (χ2v) is 8.36. The molecule has 4 heterocycles. The molecule has 0 spiro atoms. The van der Waals surface area contributed by atoms with Gasteiger partial charge in [0, 0.05) is 54.9 Å². The maximum atomic E-state index is 12.8. The molecule has 2 aliphatic heterocycles. The summed E-state index contributed by atoms with van der Waals surface area (Å²) in [7, 11) is 0. The van der Waals surface area contributed by atoms with Crippen LogP contribution in [0, 0.1) is 6.92 Å². The maximum Gasteiger partial charge on any atom is 0.259 e. The van der Waals surface area contributed by atoms with Crippen molar-refractivity contribution in [2.75, 3.05) is 23.7 Å². The van der Waals surface area contributed by atoms with Crippen LogP contribution in [-0.4, -0.2) is 58.0 Å². The van der Waals surface area contributed by atoms with Gasteiger partial charge in [0.25, 0.3) is 5.91 Å². The lowest BCUT2D eigenvalue weighted by atomic mass is 10.1. The van der Waals surface area contributed by atoms with Crippen LogP contribution in [0.3, 0.4) is 0 Å². The first-order chi connectivity index (χ1) is 13.0. The molecule has 1 amide bonds. The number of carbonyl (C=O) groups excluding carboxylic acids is 1. The number of hydrogen-bond donors (Lipinski definition) is 4. The molecular weight excluding hydrogens is 362 g/mol. The molecule has 144 valence electrons. The summed E-state index contributed by atoms with van der Waals surface area (Å²) in [4.78, 5) is 23.2. The minimum atomic E-state index is -0.327. The van der Waals surface area contributed by atoms with Gasteiger partial charge in [0.15, 0.2) is 0 Å². The average molecular weight is 388 g/mol. The van der Waals surface area contributed by atoms with Gasteiger partial charge in [0.1, 0.15) is 5.65 Å². The minimum Gasteiger partial charge on any atom is -0.392 e. The number of fused-ring (bicyclic) bond motifs is 1. The number of amides is 1. The van der Waals surface area contributed by atoms with E-state index in [0.29, 0.717) is 17.9 Å². The summed E-state index contributed by atoms with van der Waals surface area (Å²) in [5.41, 5.74) is 3.07. The Bertz CT molecular complexity index is 880.